The molecule has 0 bridgehead atoms. The number of hydrogen-bond acceptors (Lipinski definition) is 5. The van der Waals surface area contributed by atoms with Crippen LogP contribution in [0.15, 0.2) is 103 Å². The van der Waals surface area contributed by atoms with E-state index in [2.05, 4.69) is 118 Å². The van der Waals surface area contributed by atoms with E-state index in [9.17, 15) is 4.79 Å². The van der Waals surface area contributed by atoms with Crippen LogP contribution in [-0.2, 0) is 24.1 Å². The number of benzene rings is 6. The van der Waals surface area contributed by atoms with Crippen LogP contribution in [-0.4, -0.2) is 75.2 Å². The van der Waals surface area contributed by atoms with Crippen molar-refractivity contribution in [2.24, 2.45) is 0 Å². The van der Waals surface area contributed by atoms with Gasteiger partial charge in [-0.15, -0.1) is 0 Å². The molecule has 1 aliphatic carbocycles. The Morgan fingerprint density at radius 2 is 1.51 bits per heavy atom. The van der Waals surface area contributed by atoms with Crippen molar-refractivity contribution in [3.63, 3.8) is 0 Å². The summed E-state index contributed by atoms with van der Waals surface area (Å²) in [5.74, 6) is 0.257. The molecule has 2 heterocycles. The predicted molar refractivity (Wildman–Crippen MR) is 210 cm³/mol. The van der Waals surface area contributed by atoms with Crippen molar-refractivity contribution in [1.82, 2.24) is 9.80 Å². The van der Waals surface area contributed by atoms with Crippen molar-refractivity contribution in [1.29, 1.82) is 0 Å². The van der Waals surface area contributed by atoms with Crippen LogP contribution in [0.3, 0.4) is 0 Å². The van der Waals surface area contributed by atoms with Crippen molar-refractivity contribution in [2.45, 2.75) is 31.7 Å². The van der Waals surface area contributed by atoms with Crippen molar-refractivity contribution < 1.29 is 9.53 Å². The Balaban J connectivity index is 0.982. The molecule has 6 aromatic carbocycles. The van der Waals surface area contributed by atoms with Gasteiger partial charge in [0.15, 0.2) is 0 Å². The summed E-state index contributed by atoms with van der Waals surface area (Å²) in [6, 6.07) is 37.5. The van der Waals surface area contributed by atoms with Gasteiger partial charge in [-0.05, 0) is 106 Å². The van der Waals surface area contributed by atoms with E-state index in [0.717, 1.165) is 94.7 Å². The van der Waals surface area contributed by atoms with Crippen molar-refractivity contribution in [3.8, 4) is 0 Å². The van der Waals surface area contributed by atoms with Crippen LogP contribution in [0, 0.1) is 0 Å². The fourth-order valence-corrected chi connectivity index (χ4v) is 8.67. The Hall–Kier alpha value is -4.75. The molecule has 3 aliphatic rings. The Kier molecular flexibility index (Phi) is 8.68. The van der Waals surface area contributed by atoms with E-state index in [-0.39, 0.29) is 5.91 Å². The van der Waals surface area contributed by atoms with Gasteiger partial charge in [0, 0.05) is 62.5 Å². The van der Waals surface area contributed by atoms with Crippen LogP contribution in [0.2, 0.25) is 0 Å². The number of nitrogens with one attached hydrogen (secondary N) is 1. The fourth-order valence-electron chi connectivity index (χ4n) is 8.67. The molecule has 51 heavy (non-hydrogen) atoms. The third kappa shape index (κ3) is 6.37. The minimum absolute atomic E-state index is 0.0598. The molecule has 1 amide bonds. The van der Waals surface area contributed by atoms with Crippen LogP contribution in [0.5, 0.6) is 0 Å². The first-order chi connectivity index (χ1) is 25.1. The van der Waals surface area contributed by atoms with E-state index in [1.54, 1.807) is 0 Å². The van der Waals surface area contributed by atoms with Gasteiger partial charge in [-0.1, -0.05) is 78.9 Å². The van der Waals surface area contributed by atoms with Crippen molar-refractivity contribution >= 4 is 49.6 Å². The molecule has 2 saturated heterocycles. The van der Waals surface area contributed by atoms with E-state index in [0.29, 0.717) is 11.5 Å². The van der Waals surface area contributed by atoms with Gasteiger partial charge >= 0.3 is 0 Å². The molecule has 258 valence electrons. The molecule has 1 unspecified atom stereocenters. The summed E-state index contributed by atoms with van der Waals surface area (Å²) < 4.78 is 5.50. The molecule has 1 N–H and O–H groups in total. The van der Waals surface area contributed by atoms with Crippen LogP contribution in [0.4, 0.5) is 11.4 Å². The van der Waals surface area contributed by atoms with Gasteiger partial charge in [0.05, 0.1) is 18.9 Å². The average molecular weight is 675 g/mol. The average Bonchev–Trinajstić information content (AvgIpc) is 3.18. The number of morpholine rings is 1. The minimum Gasteiger partial charge on any atom is -0.379 e. The highest BCUT2D eigenvalue weighted by Gasteiger charge is 2.26. The zero-order chi connectivity index (χ0) is 34.3. The van der Waals surface area contributed by atoms with Crippen LogP contribution in [0.1, 0.15) is 45.0 Å². The van der Waals surface area contributed by atoms with E-state index in [4.69, 9.17) is 4.74 Å². The minimum atomic E-state index is -0.0598. The molecule has 6 heteroatoms. The quantitative estimate of drug-likeness (QED) is 0.180. The predicted octanol–water partition coefficient (Wildman–Crippen LogP) is 8.26. The summed E-state index contributed by atoms with van der Waals surface area (Å²) in [5, 5.41) is 11.0. The van der Waals surface area contributed by atoms with E-state index in [1.807, 2.05) is 12.1 Å². The second-order valence-corrected chi connectivity index (χ2v) is 14.8. The summed E-state index contributed by atoms with van der Waals surface area (Å²) in [5.41, 5.74) is 8.32. The van der Waals surface area contributed by atoms with Gasteiger partial charge in [0.2, 0.25) is 0 Å². The molecule has 6 aromatic rings. The summed E-state index contributed by atoms with van der Waals surface area (Å²) in [6.45, 7) is 8.72. The molecule has 0 aromatic heterocycles. The van der Waals surface area contributed by atoms with Crippen molar-refractivity contribution in [2.75, 3.05) is 69.7 Å². The third-order valence-electron chi connectivity index (χ3n) is 11.7. The summed E-state index contributed by atoms with van der Waals surface area (Å²) >= 11 is 0. The highest BCUT2D eigenvalue weighted by atomic mass is 16.5. The number of fused-ring (bicyclic) bond motifs is 6. The Morgan fingerprint density at radius 3 is 2.35 bits per heavy atom. The lowest BCUT2D eigenvalue weighted by Gasteiger charge is -2.34. The smallest absolute Gasteiger partial charge is 0.255 e. The van der Waals surface area contributed by atoms with Gasteiger partial charge in [-0.2, -0.15) is 0 Å². The third-order valence-corrected chi connectivity index (χ3v) is 11.7. The van der Waals surface area contributed by atoms with E-state index >= 15 is 0 Å². The number of nitrogens with zero attached hydrogens (tertiary/aromatic N) is 3. The monoisotopic (exact) mass is 674 g/mol. The number of likely N-dealkylation sites (N-methyl/N-ethyl adjacent to an activating group) is 1. The number of rotatable bonds is 6. The molecule has 0 radical (unpaired) electrons. The summed E-state index contributed by atoms with van der Waals surface area (Å²) in [7, 11) is 2.21. The van der Waals surface area contributed by atoms with E-state index < -0.39 is 0 Å². The molecule has 1 atom stereocenters. The van der Waals surface area contributed by atoms with Crippen molar-refractivity contribution in [3.05, 3.63) is 131 Å². The number of hydrogen-bond donors (Lipinski definition) is 1. The van der Waals surface area contributed by atoms with Gasteiger partial charge in [-0.25, -0.2) is 0 Å². The molecule has 0 saturated carbocycles. The molecule has 2 fully saturated rings. The molecular formula is C45H46N4O2. The second-order valence-electron chi connectivity index (χ2n) is 14.8. The SMILES string of the molecule is CN1CCN(c2ccc3c(ccc4c5c(ccc43)CC(c3ccc4ccccc4c3NC(=O)c3ccc(CN4CCOCC4)cc3)CC5)c2)CC1. The maximum atomic E-state index is 13.8. The van der Waals surface area contributed by atoms with Crippen LogP contribution in [0.25, 0.3) is 32.3 Å². The van der Waals surface area contributed by atoms with Gasteiger partial charge in [-0.3, -0.25) is 9.69 Å². The number of aryl methyl sites for hydroxylation is 1. The fraction of sp³-hybridized carbons (Fsp3) is 0.311. The highest BCUT2D eigenvalue weighted by Crippen LogP contribution is 2.42. The topological polar surface area (TPSA) is 48.0 Å². The van der Waals surface area contributed by atoms with Gasteiger partial charge < -0.3 is 19.9 Å². The number of carbonyl (C=O) groups is 1. The lowest BCUT2D eigenvalue weighted by molar-refractivity contribution is 0.0342. The normalized spacial score (nSPS) is 18.7. The first kappa shape index (κ1) is 32.2. The van der Waals surface area contributed by atoms with Gasteiger partial charge in [0.25, 0.3) is 5.91 Å². The maximum Gasteiger partial charge on any atom is 0.255 e. The lowest BCUT2D eigenvalue weighted by Crippen LogP contribution is -2.44. The zero-order valence-corrected chi connectivity index (χ0v) is 29.5. The number of anilines is 2. The zero-order valence-electron chi connectivity index (χ0n) is 29.5. The number of piperazine rings is 1. The lowest BCUT2D eigenvalue weighted by atomic mass is 9.77. The van der Waals surface area contributed by atoms with Gasteiger partial charge in [0.1, 0.15) is 0 Å². The highest BCUT2D eigenvalue weighted by molar-refractivity contribution is 6.11. The molecule has 0 spiro atoms. The Labute approximate surface area is 300 Å². The largest absolute Gasteiger partial charge is 0.379 e. The number of carbonyl (C=O) groups excluding carboxylic acids is 1. The first-order valence-electron chi connectivity index (χ1n) is 18.7. The maximum absolute atomic E-state index is 13.8. The standard InChI is InChI=1S/C45H46N4O2/c1-47-20-22-49(23-21-47)37-14-19-39-36(29-37)13-18-42-38-15-11-35(28-34(38)12-17-43(39)42)41-16-10-32-4-2-3-5-40(32)44(41)46-45(50)33-8-6-31(7-9-33)30-48-24-26-51-27-25-48/h2-10,12-14,16-19,29,35H,11,15,20-28,30H2,1H3,(H,46,50). The first-order valence-corrected chi connectivity index (χ1v) is 18.7. The van der Waals surface area contributed by atoms with E-state index in [1.165, 1.54) is 49.5 Å². The second kappa shape index (κ2) is 13.8. The molecular weight excluding hydrogens is 629 g/mol. The summed E-state index contributed by atoms with van der Waals surface area (Å²) in [4.78, 5) is 21.2. The Morgan fingerprint density at radius 1 is 0.745 bits per heavy atom. The van der Waals surface area contributed by atoms with Crippen LogP contribution >= 0.6 is 0 Å². The number of ether oxygens (including phenoxy) is 1. The summed E-state index contributed by atoms with van der Waals surface area (Å²) in [6.07, 6.45) is 3.03. The molecule has 6 nitrogen and oxygen atoms in total. The number of amides is 1. The molecule has 2 aliphatic heterocycles. The van der Waals surface area contributed by atoms with Crippen LogP contribution < -0.4 is 10.2 Å². The Bertz CT molecular complexity index is 2230. The molecule has 9 rings (SSSR count).